The minimum absolute atomic E-state index is 0.0199. The van der Waals surface area contributed by atoms with Gasteiger partial charge in [-0.1, -0.05) is 42.5 Å². The summed E-state index contributed by atoms with van der Waals surface area (Å²) in [6.45, 7) is -0.0969. The van der Waals surface area contributed by atoms with Gasteiger partial charge >= 0.3 is 12.2 Å². The van der Waals surface area contributed by atoms with Crippen molar-refractivity contribution in [1.82, 2.24) is 15.1 Å². The Morgan fingerprint density at radius 1 is 1.07 bits per heavy atom. The highest BCUT2D eigenvalue weighted by Crippen LogP contribution is 2.43. The highest BCUT2D eigenvalue weighted by molar-refractivity contribution is 6.08. The lowest BCUT2D eigenvalue weighted by atomic mass is 9.89. The summed E-state index contributed by atoms with van der Waals surface area (Å²) in [5, 5.41) is 1.89. The molecule has 5 nitrogen and oxygen atoms in total. The van der Waals surface area contributed by atoms with Crippen LogP contribution in [-0.4, -0.2) is 40.6 Å². The van der Waals surface area contributed by atoms with Crippen molar-refractivity contribution < 1.29 is 27.2 Å². The van der Waals surface area contributed by atoms with Gasteiger partial charge in [-0.2, -0.15) is 13.2 Å². The largest absolute Gasteiger partial charge is 0.425 e. The molecule has 1 aliphatic carbocycles. The predicted octanol–water partition coefficient (Wildman–Crippen LogP) is 3.76. The van der Waals surface area contributed by atoms with Gasteiger partial charge in [0.15, 0.2) is 0 Å². The van der Waals surface area contributed by atoms with Crippen LogP contribution in [0, 0.1) is 5.82 Å². The van der Waals surface area contributed by atoms with E-state index >= 15 is 0 Å². The molecule has 1 atom stereocenters. The fraction of sp³-hybridized carbons (Fsp3) is 0.333. The molecule has 2 fully saturated rings. The van der Waals surface area contributed by atoms with Crippen molar-refractivity contribution in [2.75, 3.05) is 6.67 Å². The van der Waals surface area contributed by atoms with Crippen LogP contribution < -0.4 is 5.32 Å². The number of imide groups is 1. The molecule has 0 unspecified atom stereocenters. The summed E-state index contributed by atoms with van der Waals surface area (Å²) in [5.74, 6) is -1.80. The third-order valence-corrected chi connectivity index (χ3v) is 5.40. The van der Waals surface area contributed by atoms with Crippen molar-refractivity contribution in [2.24, 2.45) is 0 Å². The van der Waals surface area contributed by atoms with E-state index in [9.17, 15) is 27.2 Å². The molecule has 158 valence electrons. The zero-order valence-corrected chi connectivity index (χ0v) is 15.8. The number of benzene rings is 2. The molecule has 2 aliphatic rings. The van der Waals surface area contributed by atoms with Crippen LogP contribution in [0.2, 0.25) is 0 Å². The number of carbonyl (C=O) groups excluding carboxylic acids is 2. The number of nitrogens with zero attached hydrogens (tertiary/aromatic N) is 2. The van der Waals surface area contributed by atoms with Gasteiger partial charge < -0.3 is 5.32 Å². The number of hydrogen-bond donors (Lipinski definition) is 1. The molecule has 1 N–H and O–H groups in total. The second-order valence-corrected chi connectivity index (χ2v) is 7.53. The van der Waals surface area contributed by atoms with Gasteiger partial charge in [0, 0.05) is 12.6 Å². The summed E-state index contributed by atoms with van der Waals surface area (Å²) in [5.41, 5.74) is -2.86. The summed E-state index contributed by atoms with van der Waals surface area (Å²) in [4.78, 5) is 27.8. The zero-order chi connectivity index (χ0) is 21.5. The van der Waals surface area contributed by atoms with Crippen LogP contribution in [-0.2, 0) is 16.9 Å². The van der Waals surface area contributed by atoms with Gasteiger partial charge in [-0.25, -0.2) is 14.1 Å². The van der Waals surface area contributed by atoms with E-state index in [0.29, 0.717) is 10.5 Å². The Morgan fingerprint density at radius 2 is 1.77 bits per heavy atom. The van der Waals surface area contributed by atoms with Gasteiger partial charge in [0.05, 0.1) is 6.67 Å². The molecule has 1 saturated heterocycles. The number of amides is 3. The van der Waals surface area contributed by atoms with Crippen LogP contribution in [0.3, 0.4) is 0 Å². The Labute approximate surface area is 170 Å². The Hall–Kier alpha value is -2.94. The molecule has 9 heteroatoms. The van der Waals surface area contributed by atoms with E-state index < -0.39 is 29.5 Å². The van der Waals surface area contributed by atoms with E-state index in [0.717, 1.165) is 12.8 Å². The molecular weight excluding hydrogens is 402 g/mol. The number of nitrogens with one attached hydrogen (secondary N) is 1. The third-order valence-electron chi connectivity index (χ3n) is 5.40. The molecule has 0 spiro atoms. The van der Waals surface area contributed by atoms with E-state index in [1.165, 1.54) is 48.5 Å². The summed E-state index contributed by atoms with van der Waals surface area (Å²) in [6.07, 6.45) is -3.44. The lowest BCUT2D eigenvalue weighted by molar-refractivity contribution is -0.198. The maximum atomic E-state index is 14.1. The van der Waals surface area contributed by atoms with Gasteiger partial charge in [-0.3, -0.25) is 9.69 Å². The first-order valence-corrected chi connectivity index (χ1v) is 9.47. The van der Waals surface area contributed by atoms with Crippen molar-refractivity contribution in [1.29, 1.82) is 0 Å². The molecule has 3 amide bonds. The Kier molecular flexibility index (Phi) is 5.01. The first kappa shape index (κ1) is 20.3. The van der Waals surface area contributed by atoms with Crippen molar-refractivity contribution in [3.05, 3.63) is 71.5 Å². The number of alkyl halides is 3. The van der Waals surface area contributed by atoms with Crippen LogP contribution in [0.1, 0.15) is 24.0 Å². The monoisotopic (exact) mass is 421 g/mol. The molecule has 0 radical (unpaired) electrons. The maximum absolute atomic E-state index is 14.1. The minimum atomic E-state index is -5.02. The van der Waals surface area contributed by atoms with E-state index in [4.69, 9.17) is 0 Å². The third kappa shape index (κ3) is 3.54. The van der Waals surface area contributed by atoms with Gasteiger partial charge in [-0.15, -0.1) is 0 Å². The van der Waals surface area contributed by atoms with E-state index in [-0.39, 0.29) is 24.8 Å². The molecule has 0 aromatic heterocycles. The molecule has 1 heterocycles. The smallest absolute Gasteiger partial charge is 0.312 e. The van der Waals surface area contributed by atoms with E-state index in [1.807, 2.05) is 5.32 Å². The van der Waals surface area contributed by atoms with Gasteiger partial charge in [-0.05, 0) is 36.1 Å². The predicted molar refractivity (Wildman–Crippen MR) is 99.4 cm³/mol. The second-order valence-electron chi connectivity index (χ2n) is 7.53. The molecule has 1 saturated carbocycles. The highest BCUT2D eigenvalue weighted by atomic mass is 19.4. The topological polar surface area (TPSA) is 52.7 Å². The van der Waals surface area contributed by atoms with Crippen molar-refractivity contribution in [2.45, 2.75) is 37.1 Å². The molecule has 4 rings (SSSR count). The van der Waals surface area contributed by atoms with Crippen molar-refractivity contribution in [3.8, 4) is 0 Å². The summed E-state index contributed by atoms with van der Waals surface area (Å²) in [7, 11) is 0. The second kappa shape index (κ2) is 7.39. The molecule has 0 bridgehead atoms. The highest BCUT2D eigenvalue weighted by Gasteiger charge is 2.68. The lowest BCUT2D eigenvalue weighted by Gasteiger charge is -2.30. The zero-order valence-electron chi connectivity index (χ0n) is 15.8. The molecular formula is C21H19F4N3O2. The van der Waals surface area contributed by atoms with Gasteiger partial charge in [0.25, 0.3) is 5.91 Å². The first-order chi connectivity index (χ1) is 14.2. The number of halogens is 4. The van der Waals surface area contributed by atoms with E-state index in [1.54, 1.807) is 11.0 Å². The Morgan fingerprint density at radius 3 is 2.37 bits per heavy atom. The molecule has 1 aliphatic heterocycles. The molecule has 2 aromatic rings. The average Bonchev–Trinajstić information content (AvgIpc) is 3.50. The quantitative estimate of drug-likeness (QED) is 0.571. The SMILES string of the molecule is O=C1N[C@](c2ccccc2)(C(F)(F)F)C(=O)N1CN(Cc1cccc(F)c1)C1CC1. The summed E-state index contributed by atoms with van der Waals surface area (Å²) < 4.78 is 55.8. The molecule has 30 heavy (non-hydrogen) atoms. The Balaban J connectivity index is 1.62. The minimum Gasteiger partial charge on any atom is -0.312 e. The molecule has 2 aromatic carbocycles. The lowest BCUT2D eigenvalue weighted by Crippen LogP contribution is -2.56. The van der Waals surface area contributed by atoms with Crippen molar-refractivity contribution >= 4 is 11.9 Å². The summed E-state index contributed by atoms with van der Waals surface area (Å²) >= 11 is 0. The standard InChI is InChI=1S/C21H19F4N3O2/c22-16-8-4-5-14(11-16)12-27(17-9-10-17)13-28-18(29)20(21(23,24)25,26-19(28)30)15-6-2-1-3-7-15/h1-8,11,17H,9-10,12-13H2,(H,26,30)/t20-/m0/s1. The number of hydrogen-bond acceptors (Lipinski definition) is 3. The number of rotatable bonds is 6. The summed E-state index contributed by atoms with van der Waals surface area (Å²) in [6, 6.07) is 11.4. The van der Waals surface area contributed by atoms with Crippen LogP contribution in [0.25, 0.3) is 0 Å². The van der Waals surface area contributed by atoms with Crippen molar-refractivity contribution in [3.63, 3.8) is 0 Å². The first-order valence-electron chi connectivity index (χ1n) is 9.47. The number of carbonyl (C=O) groups is 2. The van der Waals surface area contributed by atoms with Crippen LogP contribution in [0.15, 0.2) is 54.6 Å². The van der Waals surface area contributed by atoms with Crippen LogP contribution in [0.4, 0.5) is 22.4 Å². The average molecular weight is 421 g/mol. The Bertz CT molecular complexity index is 962. The van der Waals surface area contributed by atoms with Crippen LogP contribution >= 0.6 is 0 Å². The maximum Gasteiger partial charge on any atom is 0.425 e. The fourth-order valence-electron chi connectivity index (χ4n) is 3.73. The normalized spacial score (nSPS) is 22.0. The number of urea groups is 1. The fourth-order valence-corrected chi connectivity index (χ4v) is 3.73. The van der Waals surface area contributed by atoms with Gasteiger partial charge in [0.1, 0.15) is 5.82 Å². The van der Waals surface area contributed by atoms with Gasteiger partial charge in [0.2, 0.25) is 5.54 Å². The van der Waals surface area contributed by atoms with E-state index in [2.05, 4.69) is 0 Å². The van der Waals surface area contributed by atoms with Crippen LogP contribution in [0.5, 0.6) is 0 Å².